The van der Waals surface area contributed by atoms with E-state index in [0.29, 0.717) is 38.5 Å². The van der Waals surface area contributed by atoms with E-state index in [4.69, 9.17) is 9.47 Å². The quantitative estimate of drug-likeness (QED) is 0.719. The molecule has 26 heavy (non-hydrogen) atoms. The molecule has 0 bridgehead atoms. The molecule has 4 rings (SSSR count). The van der Waals surface area contributed by atoms with Gasteiger partial charge in [0.05, 0.1) is 13.2 Å². The third kappa shape index (κ3) is 3.70. The summed E-state index contributed by atoms with van der Waals surface area (Å²) < 4.78 is 11.2. The minimum atomic E-state index is 0.0563. The Morgan fingerprint density at radius 3 is 2.58 bits per heavy atom. The normalized spacial score (nSPS) is 14.4. The zero-order valence-electron chi connectivity index (χ0n) is 14.6. The Morgan fingerprint density at radius 2 is 1.73 bits per heavy atom. The number of rotatable bonds is 4. The molecule has 1 amide bonds. The summed E-state index contributed by atoms with van der Waals surface area (Å²) in [6, 6.07) is 21.9. The molecular formula is C22H21NO3. The largest absolute Gasteiger partial charge is 0.489 e. The van der Waals surface area contributed by atoms with Crippen molar-refractivity contribution < 1.29 is 14.3 Å². The van der Waals surface area contributed by atoms with Crippen LogP contribution in [0, 0.1) is 0 Å². The molecule has 0 aliphatic carbocycles. The van der Waals surface area contributed by atoms with Gasteiger partial charge in [0.2, 0.25) is 0 Å². The highest BCUT2D eigenvalue weighted by Crippen LogP contribution is 2.21. The van der Waals surface area contributed by atoms with E-state index < -0.39 is 0 Å². The van der Waals surface area contributed by atoms with Gasteiger partial charge in [0.1, 0.15) is 12.4 Å². The van der Waals surface area contributed by atoms with E-state index in [1.54, 1.807) is 0 Å². The lowest BCUT2D eigenvalue weighted by Crippen LogP contribution is -2.40. The van der Waals surface area contributed by atoms with Crippen molar-refractivity contribution in [1.29, 1.82) is 0 Å². The Bertz CT molecular complexity index is 916. The second kappa shape index (κ2) is 7.58. The first-order valence-corrected chi connectivity index (χ1v) is 8.87. The lowest BCUT2D eigenvalue weighted by molar-refractivity contribution is 0.0303. The van der Waals surface area contributed by atoms with E-state index in [9.17, 15) is 4.79 Å². The molecule has 0 aromatic heterocycles. The number of amides is 1. The minimum Gasteiger partial charge on any atom is -0.489 e. The predicted octanol–water partition coefficient (Wildman–Crippen LogP) is 3.89. The van der Waals surface area contributed by atoms with E-state index >= 15 is 0 Å². The van der Waals surface area contributed by atoms with Gasteiger partial charge in [-0.15, -0.1) is 0 Å². The molecule has 1 saturated heterocycles. The number of morpholine rings is 1. The Morgan fingerprint density at radius 1 is 0.923 bits per heavy atom. The number of ether oxygens (including phenoxy) is 2. The average Bonchev–Trinajstić information content (AvgIpc) is 2.72. The van der Waals surface area contributed by atoms with Crippen LogP contribution in [0.2, 0.25) is 0 Å². The van der Waals surface area contributed by atoms with Gasteiger partial charge in [0, 0.05) is 18.7 Å². The zero-order valence-corrected chi connectivity index (χ0v) is 14.6. The molecule has 1 aliphatic heterocycles. The number of benzene rings is 3. The van der Waals surface area contributed by atoms with Crippen LogP contribution < -0.4 is 4.74 Å². The molecule has 3 aromatic carbocycles. The number of nitrogens with zero attached hydrogens (tertiary/aromatic N) is 1. The molecule has 4 heteroatoms. The second-order valence-electron chi connectivity index (χ2n) is 6.40. The zero-order chi connectivity index (χ0) is 17.8. The van der Waals surface area contributed by atoms with Gasteiger partial charge >= 0.3 is 0 Å². The topological polar surface area (TPSA) is 38.8 Å². The van der Waals surface area contributed by atoms with E-state index in [1.807, 2.05) is 53.4 Å². The van der Waals surface area contributed by atoms with Crippen molar-refractivity contribution in [3.63, 3.8) is 0 Å². The van der Waals surface area contributed by atoms with Crippen molar-refractivity contribution >= 4 is 16.7 Å². The summed E-state index contributed by atoms with van der Waals surface area (Å²) in [7, 11) is 0. The molecule has 0 N–H and O–H groups in total. The molecule has 0 radical (unpaired) electrons. The fraction of sp³-hybridized carbons (Fsp3) is 0.227. The van der Waals surface area contributed by atoms with Gasteiger partial charge in [0.15, 0.2) is 0 Å². The van der Waals surface area contributed by atoms with Crippen molar-refractivity contribution in [2.24, 2.45) is 0 Å². The van der Waals surface area contributed by atoms with Crippen molar-refractivity contribution in [1.82, 2.24) is 4.90 Å². The molecule has 1 aliphatic rings. The maximum atomic E-state index is 12.6. The highest BCUT2D eigenvalue weighted by atomic mass is 16.5. The summed E-state index contributed by atoms with van der Waals surface area (Å²) in [5, 5.41) is 2.35. The molecule has 1 heterocycles. The van der Waals surface area contributed by atoms with E-state index in [0.717, 1.165) is 16.7 Å². The Hall–Kier alpha value is -2.85. The minimum absolute atomic E-state index is 0.0563. The lowest BCUT2D eigenvalue weighted by atomic mass is 10.1. The van der Waals surface area contributed by atoms with Crippen LogP contribution >= 0.6 is 0 Å². The monoisotopic (exact) mass is 347 g/mol. The van der Waals surface area contributed by atoms with Crippen LogP contribution in [0.25, 0.3) is 10.8 Å². The summed E-state index contributed by atoms with van der Waals surface area (Å²) >= 11 is 0. The fourth-order valence-corrected chi connectivity index (χ4v) is 3.17. The molecule has 0 unspecified atom stereocenters. The number of hydrogen-bond donors (Lipinski definition) is 0. The maximum Gasteiger partial charge on any atom is 0.254 e. The van der Waals surface area contributed by atoms with Crippen LogP contribution in [-0.4, -0.2) is 37.1 Å². The molecule has 1 fully saturated rings. The molecule has 3 aromatic rings. The molecular weight excluding hydrogens is 326 g/mol. The Kier molecular flexibility index (Phi) is 4.84. The van der Waals surface area contributed by atoms with E-state index in [2.05, 4.69) is 18.2 Å². The summed E-state index contributed by atoms with van der Waals surface area (Å²) in [4.78, 5) is 14.4. The first-order valence-electron chi connectivity index (χ1n) is 8.87. The van der Waals surface area contributed by atoms with Crippen LogP contribution in [0.4, 0.5) is 0 Å². The summed E-state index contributed by atoms with van der Waals surface area (Å²) in [5.74, 6) is 0.884. The number of fused-ring (bicyclic) bond motifs is 1. The first kappa shape index (κ1) is 16.6. The number of hydrogen-bond acceptors (Lipinski definition) is 3. The van der Waals surface area contributed by atoms with Crippen molar-refractivity contribution in [3.05, 3.63) is 77.9 Å². The van der Waals surface area contributed by atoms with Crippen LogP contribution in [0.15, 0.2) is 66.7 Å². The molecule has 0 spiro atoms. The van der Waals surface area contributed by atoms with Crippen molar-refractivity contribution in [2.45, 2.75) is 6.61 Å². The van der Waals surface area contributed by atoms with Gasteiger partial charge in [-0.2, -0.15) is 0 Å². The standard InChI is InChI=1S/C22H21NO3/c24-22(23-10-12-25-13-11-23)20-7-3-4-17(14-20)16-26-21-9-8-18-5-1-2-6-19(18)15-21/h1-9,14-15H,10-13,16H2. The molecule has 4 nitrogen and oxygen atoms in total. The van der Waals surface area contributed by atoms with Crippen LogP contribution in [0.3, 0.4) is 0 Å². The van der Waals surface area contributed by atoms with Gasteiger partial charge in [-0.05, 0) is 40.6 Å². The maximum absolute atomic E-state index is 12.6. The third-order valence-electron chi connectivity index (χ3n) is 4.60. The highest BCUT2D eigenvalue weighted by molar-refractivity contribution is 5.94. The van der Waals surface area contributed by atoms with Gasteiger partial charge in [0.25, 0.3) is 5.91 Å². The van der Waals surface area contributed by atoms with E-state index in [1.165, 1.54) is 5.39 Å². The second-order valence-corrected chi connectivity index (χ2v) is 6.40. The summed E-state index contributed by atoms with van der Waals surface area (Å²) in [6.07, 6.45) is 0. The molecule has 132 valence electrons. The molecule has 0 saturated carbocycles. The Balaban J connectivity index is 1.45. The fourth-order valence-electron chi connectivity index (χ4n) is 3.17. The van der Waals surface area contributed by atoms with Gasteiger partial charge in [-0.1, -0.05) is 42.5 Å². The lowest BCUT2D eigenvalue weighted by Gasteiger charge is -2.27. The van der Waals surface area contributed by atoms with Crippen molar-refractivity contribution in [3.8, 4) is 5.75 Å². The van der Waals surface area contributed by atoms with Gasteiger partial charge in [-0.3, -0.25) is 4.79 Å². The summed E-state index contributed by atoms with van der Waals surface area (Å²) in [5.41, 5.74) is 1.68. The Labute approximate surface area is 153 Å². The SMILES string of the molecule is O=C(c1cccc(COc2ccc3ccccc3c2)c1)N1CCOCC1. The van der Waals surface area contributed by atoms with E-state index in [-0.39, 0.29) is 5.91 Å². The van der Waals surface area contributed by atoms with Crippen LogP contribution in [-0.2, 0) is 11.3 Å². The predicted molar refractivity (Wildman–Crippen MR) is 101 cm³/mol. The first-order chi connectivity index (χ1) is 12.8. The molecule has 0 atom stereocenters. The highest BCUT2D eigenvalue weighted by Gasteiger charge is 2.18. The van der Waals surface area contributed by atoms with Gasteiger partial charge in [-0.25, -0.2) is 0 Å². The number of carbonyl (C=O) groups is 1. The average molecular weight is 347 g/mol. The number of carbonyl (C=O) groups excluding carboxylic acids is 1. The summed E-state index contributed by atoms with van der Waals surface area (Å²) in [6.45, 7) is 2.95. The van der Waals surface area contributed by atoms with Crippen LogP contribution in [0.5, 0.6) is 5.75 Å². The van der Waals surface area contributed by atoms with Gasteiger partial charge < -0.3 is 14.4 Å². The van der Waals surface area contributed by atoms with Crippen LogP contribution in [0.1, 0.15) is 15.9 Å². The smallest absolute Gasteiger partial charge is 0.254 e. The van der Waals surface area contributed by atoms with Crippen molar-refractivity contribution in [2.75, 3.05) is 26.3 Å². The third-order valence-corrected chi connectivity index (χ3v) is 4.60.